The molecule has 1 aliphatic carbocycles. The summed E-state index contributed by atoms with van der Waals surface area (Å²) in [6, 6.07) is 0. The minimum absolute atomic E-state index is 0. The Hall–Kier alpha value is -0.0800. The minimum Gasteiger partial charge on any atom is -0.344 e. The molecule has 2 nitrogen and oxygen atoms in total. The van der Waals surface area contributed by atoms with Crippen LogP contribution in [0.2, 0.25) is 0 Å². The molecule has 0 bridgehead atoms. The van der Waals surface area contributed by atoms with Gasteiger partial charge in [-0.1, -0.05) is 58.3 Å². The number of hydrogen-bond donors (Lipinski definition) is 2. The Morgan fingerprint density at radius 2 is 1.58 bits per heavy atom. The summed E-state index contributed by atoms with van der Waals surface area (Å²) in [6.45, 7) is 2.29. The van der Waals surface area contributed by atoms with E-state index in [1.54, 1.807) is 0 Å². The highest BCUT2D eigenvalue weighted by atomic mass is 14.2. The fourth-order valence-electron chi connectivity index (χ4n) is 1.97. The van der Waals surface area contributed by atoms with E-state index in [2.05, 4.69) is 6.92 Å². The van der Waals surface area contributed by atoms with Crippen molar-refractivity contribution in [3.05, 3.63) is 0 Å². The molecule has 0 aliphatic heterocycles. The Morgan fingerprint density at radius 3 is 2.08 bits per heavy atom. The van der Waals surface area contributed by atoms with Crippen LogP contribution in [0.5, 0.6) is 0 Å². The van der Waals surface area contributed by atoms with Crippen molar-refractivity contribution in [2.24, 2.45) is 5.92 Å². The summed E-state index contributed by atoms with van der Waals surface area (Å²) in [5.74, 6) is 1.11. The average molecular weight is 174 g/mol. The highest BCUT2D eigenvalue weighted by Crippen LogP contribution is 2.27. The monoisotopic (exact) mass is 174 g/mol. The molecular weight excluding hydrogens is 148 g/mol. The number of unbranched alkanes of at least 4 members (excludes halogenated alkanes) is 1. The van der Waals surface area contributed by atoms with Crippen molar-refractivity contribution in [2.75, 3.05) is 0 Å². The first-order valence-electron chi connectivity index (χ1n) is 4.93. The van der Waals surface area contributed by atoms with E-state index in [9.17, 15) is 0 Å². The zero-order chi connectivity index (χ0) is 7.23. The fraction of sp³-hybridized carbons (Fsp3) is 1.00. The van der Waals surface area contributed by atoms with Crippen LogP contribution in [-0.2, 0) is 0 Å². The fourth-order valence-corrected chi connectivity index (χ4v) is 1.97. The second-order valence-corrected chi connectivity index (χ2v) is 3.65. The zero-order valence-electron chi connectivity index (χ0n) is 8.65. The first-order valence-corrected chi connectivity index (χ1v) is 4.93. The van der Waals surface area contributed by atoms with Crippen molar-refractivity contribution in [3.63, 3.8) is 0 Å². The van der Waals surface area contributed by atoms with Crippen molar-refractivity contribution in [2.45, 2.75) is 58.3 Å². The lowest BCUT2D eigenvalue weighted by Gasteiger charge is -2.20. The largest absolute Gasteiger partial charge is 0.344 e. The lowest BCUT2D eigenvalue weighted by atomic mass is 9.86. The maximum atomic E-state index is 2.29. The van der Waals surface area contributed by atoms with Gasteiger partial charge < -0.3 is 12.3 Å². The van der Waals surface area contributed by atoms with Crippen LogP contribution in [0.25, 0.3) is 0 Å². The smallest absolute Gasteiger partial charge is 0.0414 e. The SMILES string of the molecule is CCCCC1CCCCC1.N.N. The van der Waals surface area contributed by atoms with Gasteiger partial charge >= 0.3 is 0 Å². The summed E-state index contributed by atoms with van der Waals surface area (Å²) >= 11 is 0. The van der Waals surface area contributed by atoms with Gasteiger partial charge in [0.2, 0.25) is 0 Å². The third-order valence-electron chi connectivity index (χ3n) is 2.69. The summed E-state index contributed by atoms with van der Waals surface area (Å²) in [5, 5.41) is 0. The van der Waals surface area contributed by atoms with Crippen molar-refractivity contribution in [1.82, 2.24) is 12.3 Å². The molecule has 0 radical (unpaired) electrons. The summed E-state index contributed by atoms with van der Waals surface area (Å²) in [6.07, 6.45) is 11.9. The number of hydrogen-bond acceptors (Lipinski definition) is 2. The lowest BCUT2D eigenvalue weighted by molar-refractivity contribution is 0.331. The first-order chi connectivity index (χ1) is 4.93. The summed E-state index contributed by atoms with van der Waals surface area (Å²) < 4.78 is 0. The Kier molecular flexibility index (Phi) is 10.8. The molecule has 6 N–H and O–H groups in total. The maximum Gasteiger partial charge on any atom is -0.0414 e. The van der Waals surface area contributed by atoms with Gasteiger partial charge in [-0.2, -0.15) is 0 Å². The van der Waals surface area contributed by atoms with Gasteiger partial charge in [-0.3, -0.25) is 0 Å². The third kappa shape index (κ3) is 5.56. The normalized spacial score (nSPS) is 17.8. The quantitative estimate of drug-likeness (QED) is 0.676. The van der Waals surface area contributed by atoms with Crippen LogP contribution in [0.15, 0.2) is 0 Å². The molecule has 0 saturated heterocycles. The molecule has 0 unspecified atom stereocenters. The number of rotatable bonds is 3. The van der Waals surface area contributed by atoms with Gasteiger partial charge in [0.25, 0.3) is 0 Å². The van der Waals surface area contributed by atoms with Gasteiger partial charge in [-0.15, -0.1) is 0 Å². The van der Waals surface area contributed by atoms with Crippen LogP contribution in [-0.4, -0.2) is 0 Å². The van der Waals surface area contributed by atoms with Gasteiger partial charge in [-0.25, -0.2) is 0 Å². The van der Waals surface area contributed by atoms with Gasteiger partial charge in [0, 0.05) is 0 Å². The van der Waals surface area contributed by atoms with Crippen molar-refractivity contribution in [1.29, 1.82) is 0 Å². The van der Waals surface area contributed by atoms with E-state index in [1.807, 2.05) is 0 Å². The first kappa shape index (κ1) is 14.4. The van der Waals surface area contributed by atoms with Gasteiger partial charge in [0.1, 0.15) is 0 Å². The molecule has 0 amide bonds. The van der Waals surface area contributed by atoms with E-state index in [-0.39, 0.29) is 12.3 Å². The van der Waals surface area contributed by atoms with Crippen LogP contribution in [0, 0.1) is 5.92 Å². The van der Waals surface area contributed by atoms with E-state index in [1.165, 1.54) is 51.4 Å². The molecule has 0 aromatic carbocycles. The van der Waals surface area contributed by atoms with Crippen LogP contribution in [0.4, 0.5) is 0 Å². The summed E-state index contributed by atoms with van der Waals surface area (Å²) in [4.78, 5) is 0. The van der Waals surface area contributed by atoms with E-state index in [0.29, 0.717) is 0 Å². The highest BCUT2D eigenvalue weighted by molar-refractivity contribution is 4.65. The highest BCUT2D eigenvalue weighted by Gasteiger charge is 2.11. The van der Waals surface area contributed by atoms with Gasteiger partial charge in [0.05, 0.1) is 0 Å². The Labute approximate surface area is 77.3 Å². The Morgan fingerprint density at radius 1 is 1.00 bits per heavy atom. The van der Waals surface area contributed by atoms with Gasteiger partial charge in [-0.05, 0) is 5.92 Å². The molecular formula is C10H26N2. The molecule has 1 fully saturated rings. The molecule has 1 rings (SSSR count). The molecule has 1 aliphatic rings. The summed E-state index contributed by atoms with van der Waals surface area (Å²) in [5.41, 5.74) is 0. The molecule has 0 heterocycles. The Bertz CT molecular complexity index is 77.9. The van der Waals surface area contributed by atoms with Crippen LogP contribution in [0.1, 0.15) is 58.3 Å². The predicted molar refractivity (Wildman–Crippen MR) is 56.1 cm³/mol. The topological polar surface area (TPSA) is 70.0 Å². The van der Waals surface area contributed by atoms with Crippen LogP contribution < -0.4 is 12.3 Å². The van der Waals surface area contributed by atoms with Crippen LogP contribution >= 0.6 is 0 Å². The second-order valence-electron chi connectivity index (χ2n) is 3.65. The molecule has 2 heteroatoms. The average Bonchev–Trinajstić information content (AvgIpc) is 2.03. The molecule has 1 saturated carbocycles. The molecule has 0 atom stereocenters. The van der Waals surface area contributed by atoms with E-state index in [0.717, 1.165) is 5.92 Å². The van der Waals surface area contributed by atoms with E-state index >= 15 is 0 Å². The molecule has 76 valence electrons. The van der Waals surface area contributed by atoms with Crippen molar-refractivity contribution >= 4 is 0 Å². The molecule has 0 aromatic rings. The van der Waals surface area contributed by atoms with Crippen molar-refractivity contribution in [3.8, 4) is 0 Å². The van der Waals surface area contributed by atoms with Crippen molar-refractivity contribution < 1.29 is 0 Å². The van der Waals surface area contributed by atoms with E-state index in [4.69, 9.17) is 0 Å². The van der Waals surface area contributed by atoms with Crippen LogP contribution in [0.3, 0.4) is 0 Å². The van der Waals surface area contributed by atoms with E-state index < -0.39 is 0 Å². The molecule has 0 aromatic heterocycles. The summed E-state index contributed by atoms with van der Waals surface area (Å²) in [7, 11) is 0. The van der Waals surface area contributed by atoms with Gasteiger partial charge in [0.15, 0.2) is 0 Å². The minimum atomic E-state index is 0. The standard InChI is InChI=1S/C10H20.2H3N/c1-2-3-7-10-8-5-4-6-9-10;;/h10H,2-9H2,1H3;2*1H3. The lowest BCUT2D eigenvalue weighted by Crippen LogP contribution is -2.05. The third-order valence-corrected chi connectivity index (χ3v) is 2.69. The maximum absolute atomic E-state index is 2.29. The molecule has 12 heavy (non-hydrogen) atoms. The predicted octanol–water partition coefficient (Wildman–Crippen LogP) is 4.08. The molecule has 0 spiro atoms. The Balaban J connectivity index is 0. The second kappa shape index (κ2) is 9.01. The zero-order valence-corrected chi connectivity index (χ0v) is 8.65.